The number of hydrogen-bond donors (Lipinski definition) is 1. The smallest absolute Gasteiger partial charge is 0.252 e. The molecule has 0 aliphatic carbocycles. The quantitative estimate of drug-likeness (QED) is 0.633. The molecule has 1 heterocycles. The van der Waals surface area contributed by atoms with E-state index in [-0.39, 0.29) is 5.91 Å². The maximum atomic E-state index is 13.3. The van der Waals surface area contributed by atoms with Crippen molar-refractivity contribution in [2.75, 3.05) is 6.54 Å². The lowest BCUT2D eigenvalue weighted by molar-refractivity contribution is 0.0953. The van der Waals surface area contributed by atoms with Gasteiger partial charge >= 0.3 is 0 Å². The molecule has 0 atom stereocenters. The van der Waals surface area contributed by atoms with Crippen LogP contribution in [0, 0.1) is 12.7 Å². The van der Waals surface area contributed by atoms with Gasteiger partial charge in [0, 0.05) is 22.0 Å². The summed E-state index contributed by atoms with van der Waals surface area (Å²) in [5, 5.41) is 5.91. The summed E-state index contributed by atoms with van der Waals surface area (Å²) in [4.78, 5) is 16.6. The summed E-state index contributed by atoms with van der Waals surface area (Å²) in [6, 6.07) is 12.2. The summed E-state index contributed by atoms with van der Waals surface area (Å²) >= 11 is 4.90. The maximum absolute atomic E-state index is 13.3. The molecule has 0 aliphatic heterocycles. The standard InChI is InChI=1S/C19H16BrFN2OS/c1-12-23-18(11-25-12)14-4-2-13(3-5-14)8-9-22-19(24)16-10-15(21)6-7-17(16)20/h2-7,10-11H,8-9H2,1H3,(H,22,24). The highest BCUT2D eigenvalue weighted by Crippen LogP contribution is 2.22. The van der Waals surface area contributed by atoms with Crippen molar-refractivity contribution in [3.8, 4) is 11.3 Å². The summed E-state index contributed by atoms with van der Waals surface area (Å²) in [5.41, 5.74) is 3.49. The lowest BCUT2D eigenvalue weighted by Gasteiger charge is -2.07. The van der Waals surface area contributed by atoms with Crippen LogP contribution in [-0.4, -0.2) is 17.4 Å². The molecular weight excluding hydrogens is 403 g/mol. The Hall–Kier alpha value is -2.05. The zero-order valence-corrected chi connectivity index (χ0v) is 16.0. The van der Waals surface area contributed by atoms with E-state index in [1.165, 1.54) is 18.2 Å². The van der Waals surface area contributed by atoms with E-state index >= 15 is 0 Å². The number of amides is 1. The second-order valence-corrected chi connectivity index (χ2v) is 7.50. The van der Waals surface area contributed by atoms with Crippen LogP contribution in [0.25, 0.3) is 11.3 Å². The van der Waals surface area contributed by atoms with E-state index in [0.29, 0.717) is 23.0 Å². The highest BCUT2D eigenvalue weighted by molar-refractivity contribution is 9.10. The molecule has 0 saturated carbocycles. The van der Waals surface area contributed by atoms with Gasteiger partial charge < -0.3 is 5.32 Å². The topological polar surface area (TPSA) is 42.0 Å². The Labute approximate surface area is 158 Å². The van der Waals surface area contributed by atoms with Crippen molar-refractivity contribution < 1.29 is 9.18 Å². The number of benzene rings is 2. The summed E-state index contributed by atoms with van der Waals surface area (Å²) in [7, 11) is 0. The van der Waals surface area contributed by atoms with Crippen molar-refractivity contribution in [1.82, 2.24) is 10.3 Å². The molecule has 0 fully saturated rings. The summed E-state index contributed by atoms with van der Waals surface area (Å²) < 4.78 is 13.8. The number of carbonyl (C=O) groups is 1. The number of thiazole rings is 1. The van der Waals surface area contributed by atoms with Crippen molar-refractivity contribution in [2.45, 2.75) is 13.3 Å². The molecule has 1 aromatic heterocycles. The van der Waals surface area contributed by atoms with Gasteiger partial charge in [-0.2, -0.15) is 0 Å². The number of carbonyl (C=O) groups excluding carboxylic acids is 1. The number of nitrogens with one attached hydrogen (secondary N) is 1. The third-order valence-corrected chi connectivity index (χ3v) is 5.21. The molecule has 2 aromatic carbocycles. The fourth-order valence-corrected chi connectivity index (χ4v) is 3.47. The Morgan fingerprint density at radius 1 is 1.24 bits per heavy atom. The molecule has 6 heteroatoms. The molecule has 0 saturated heterocycles. The van der Waals surface area contributed by atoms with E-state index in [1.807, 2.05) is 36.6 Å². The minimum Gasteiger partial charge on any atom is -0.352 e. The third kappa shape index (κ3) is 4.52. The van der Waals surface area contributed by atoms with Gasteiger partial charge in [-0.1, -0.05) is 24.3 Å². The van der Waals surface area contributed by atoms with E-state index in [0.717, 1.165) is 21.8 Å². The Bertz CT molecular complexity index is 893. The molecule has 0 spiro atoms. The van der Waals surface area contributed by atoms with Gasteiger partial charge in [-0.25, -0.2) is 9.37 Å². The monoisotopic (exact) mass is 418 g/mol. The lowest BCUT2D eigenvalue weighted by Crippen LogP contribution is -2.26. The van der Waals surface area contributed by atoms with Gasteiger partial charge in [0.05, 0.1) is 16.3 Å². The predicted molar refractivity (Wildman–Crippen MR) is 102 cm³/mol. The maximum Gasteiger partial charge on any atom is 0.252 e. The summed E-state index contributed by atoms with van der Waals surface area (Å²) in [6.07, 6.45) is 0.703. The first kappa shape index (κ1) is 17.8. The number of halogens is 2. The van der Waals surface area contributed by atoms with Gasteiger partial charge in [-0.3, -0.25) is 4.79 Å². The van der Waals surface area contributed by atoms with Crippen LogP contribution in [0.15, 0.2) is 52.3 Å². The SMILES string of the molecule is Cc1nc(-c2ccc(CCNC(=O)c3cc(F)ccc3Br)cc2)cs1. The van der Waals surface area contributed by atoms with Crippen LogP contribution in [0.1, 0.15) is 20.9 Å². The van der Waals surface area contributed by atoms with E-state index in [9.17, 15) is 9.18 Å². The van der Waals surface area contributed by atoms with Crippen LogP contribution in [0.3, 0.4) is 0 Å². The predicted octanol–water partition coefficient (Wildman–Crippen LogP) is 4.99. The van der Waals surface area contributed by atoms with Crippen LogP contribution in [0.2, 0.25) is 0 Å². The van der Waals surface area contributed by atoms with Gasteiger partial charge in [0.1, 0.15) is 5.82 Å². The van der Waals surface area contributed by atoms with Crippen LogP contribution in [0.5, 0.6) is 0 Å². The number of aryl methyl sites for hydroxylation is 1. The number of aromatic nitrogens is 1. The Morgan fingerprint density at radius 2 is 2.00 bits per heavy atom. The molecule has 0 radical (unpaired) electrons. The third-order valence-electron chi connectivity index (χ3n) is 3.74. The molecule has 128 valence electrons. The molecule has 25 heavy (non-hydrogen) atoms. The van der Waals surface area contributed by atoms with E-state index < -0.39 is 5.82 Å². The zero-order valence-electron chi connectivity index (χ0n) is 13.6. The van der Waals surface area contributed by atoms with Crippen molar-refractivity contribution in [2.24, 2.45) is 0 Å². The first-order chi connectivity index (χ1) is 12.0. The van der Waals surface area contributed by atoms with Crippen LogP contribution >= 0.6 is 27.3 Å². The normalized spacial score (nSPS) is 10.7. The number of rotatable bonds is 5. The lowest BCUT2D eigenvalue weighted by atomic mass is 10.1. The van der Waals surface area contributed by atoms with Gasteiger partial charge in [-0.05, 0) is 53.0 Å². The van der Waals surface area contributed by atoms with Crippen LogP contribution < -0.4 is 5.32 Å². The first-order valence-electron chi connectivity index (χ1n) is 7.77. The highest BCUT2D eigenvalue weighted by Gasteiger charge is 2.10. The van der Waals surface area contributed by atoms with Crippen LogP contribution in [0.4, 0.5) is 4.39 Å². The largest absolute Gasteiger partial charge is 0.352 e. The molecule has 1 amide bonds. The fraction of sp³-hybridized carbons (Fsp3) is 0.158. The molecule has 3 aromatic rings. The molecule has 0 unspecified atom stereocenters. The molecule has 0 bridgehead atoms. The highest BCUT2D eigenvalue weighted by atomic mass is 79.9. The number of nitrogens with zero attached hydrogens (tertiary/aromatic N) is 1. The average molecular weight is 419 g/mol. The Morgan fingerprint density at radius 3 is 2.68 bits per heavy atom. The Kier molecular flexibility index (Phi) is 5.60. The molecular formula is C19H16BrFN2OS. The van der Waals surface area contributed by atoms with Gasteiger partial charge in [0.2, 0.25) is 0 Å². The first-order valence-corrected chi connectivity index (χ1v) is 9.45. The van der Waals surface area contributed by atoms with Crippen molar-refractivity contribution >= 4 is 33.2 Å². The van der Waals surface area contributed by atoms with E-state index in [4.69, 9.17) is 0 Å². The summed E-state index contributed by atoms with van der Waals surface area (Å²) in [5.74, 6) is -0.720. The minimum atomic E-state index is -0.429. The Balaban J connectivity index is 1.57. The number of hydrogen-bond acceptors (Lipinski definition) is 3. The molecule has 3 nitrogen and oxygen atoms in total. The second kappa shape index (κ2) is 7.89. The molecule has 3 rings (SSSR count). The van der Waals surface area contributed by atoms with Crippen LogP contribution in [-0.2, 0) is 6.42 Å². The van der Waals surface area contributed by atoms with Gasteiger partial charge in [0.25, 0.3) is 5.91 Å². The minimum absolute atomic E-state index is 0.291. The second-order valence-electron chi connectivity index (χ2n) is 5.58. The van der Waals surface area contributed by atoms with Gasteiger partial charge in [0.15, 0.2) is 0 Å². The summed E-state index contributed by atoms with van der Waals surface area (Å²) in [6.45, 7) is 2.47. The van der Waals surface area contributed by atoms with Crippen molar-refractivity contribution in [3.05, 3.63) is 74.3 Å². The van der Waals surface area contributed by atoms with Crippen molar-refractivity contribution in [1.29, 1.82) is 0 Å². The molecule has 1 N–H and O–H groups in total. The van der Waals surface area contributed by atoms with Crippen molar-refractivity contribution in [3.63, 3.8) is 0 Å². The molecule has 0 aliphatic rings. The fourth-order valence-electron chi connectivity index (χ4n) is 2.43. The average Bonchev–Trinajstić information content (AvgIpc) is 3.04. The van der Waals surface area contributed by atoms with E-state index in [2.05, 4.69) is 26.2 Å². The van der Waals surface area contributed by atoms with Gasteiger partial charge in [-0.15, -0.1) is 11.3 Å². The zero-order chi connectivity index (χ0) is 17.8. The van der Waals surface area contributed by atoms with E-state index in [1.54, 1.807) is 11.3 Å².